The Morgan fingerprint density at radius 2 is 1.52 bits per heavy atom. The number of hydrogen-bond acceptors (Lipinski definition) is 2. The first kappa shape index (κ1) is 18.9. The smallest absolute Gasteiger partial charge is 0.290 e. The van der Waals surface area contributed by atoms with Gasteiger partial charge in [-0.25, -0.2) is 4.39 Å². The fourth-order valence-electron chi connectivity index (χ4n) is 3.80. The van der Waals surface area contributed by atoms with Crippen LogP contribution in [-0.2, 0) is 17.8 Å². The lowest BCUT2D eigenvalue weighted by Gasteiger charge is -2.27. The van der Waals surface area contributed by atoms with Gasteiger partial charge in [0.15, 0.2) is 5.76 Å². The summed E-state index contributed by atoms with van der Waals surface area (Å²) in [7, 11) is 0. The molecule has 4 heteroatoms. The van der Waals surface area contributed by atoms with Gasteiger partial charge in [-0.15, -0.1) is 0 Å². The van der Waals surface area contributed by atoms with Crippen molar-refractivity contribution >= 4 is 11.5 Å². The van der Waals surface area contributed by atoms with Crippen LogP contribution in [0.5, 0.6) is 0 Å². The topological polar surface area (TPSA) is 40.5 Å². The highest BCUT2D eigenvalue weighted by Crippen LogP contribution is 2.43. The van der Waals surface area contributed by atoms with Crippen molar-refractivity contribution < 1.29 is 14.3 Å². The lowest BCUT2D eigenvalue weighted by atomic mass is 9.92. The van der Waals surface area contributed by atoms with E-state index in [1.165, 1.54) is 17.7 Å². The highest BCUT2D eigenvalue weighted by Gasteiger charge is 2.40. The van der Waals surface area contributed by atoms with Gasteiger partial charge < -0.3 is 10.0 Å². The van der Waals surface area contributed by atoms with Crippen molar-refractivity contribution in [2.75, 3.05) is 0 Å². The molecule has 1 aliphatic rings. The Bertz CT molecular complexity index is 1040. The first-order chi connectivity index (χ1) is 14.1. The second kappa shape index (κ2) is 7.92. The van der Waals surface area contributed by atoms with E-state index in [1.54, 1.807) is 17.0 Å². The molecule has 1 atom stereocenters. The van der Waals surface area contributed by atoms with Crippen LogP contribution in [0.25, 0.3) is 5.57 Å². The molecule has 0 spiro atoms. The maximum absolute atomic E-state index is 13.3. The minimum Gasteiger partial charge on any atom is -0.503 e. The molecule has 0 unspecified atom stereocenters. The standard InChI is InChI=1S/C25H22FNO2/c1-2-17-8-12-20(13-9-17)23-22(19-6-4-3-5-7-19)24(28)25(29)27(23)16-18-10-14-21(26)15-11-18/h3-15,23,28H,2,16H2,1H3/t23-/m0/s1. The number of carbonyl (C=O) groups excluding carboxylic acids is 1. The second-order valence-corrected chi connectivity index (χ2v) is 7.19. The first-order valence-corrected chi connectivity index (χ1v) is 9.71. The van der Waals surface area contributed by atoms with Crippen LogP contribution in [0.4, 0.5) is 4.39 Å². The molecule has 146 valence electrons. The summed E-state index contributed by atoms with van der Waals surface area (Å²) < 4.78 is 13.3. The number of hydrogen-bond donors (Lipinski definition) is 1. The Balaban J connectivity index is 1.79. The van der Waals surface area contributed by atoms with E-state index in [9.17, 15) is 14.3 Å². The van der Waals surface area contributed by atoms with Crippen LogP contribution in [-0.4, -0.2) is 15.9 Å². The van der Waals surface area contributed by atoms with E-state index in [0.29, 0.717) is 5.57 Å². The van der Waals surface area contributed by atoms with Gasteiger partial charge in [-0.2, -0.15) is 0 Å². The summed E-state index contributed by atoms with van der Waals surface area (Å²) in [6, 6.07) is 23.3. The number of aliphatic hydroxyl groups is 1. The van der Waals surface area contributed by atoms with Crippen molar-refractivity contribution in [3.8, 4) is 0 Å². The van der Waals surface area contributed by atoms with Gasteiger partial charge in [-0.1, -0.05) is 73.7 Å². The van der Waals surface area contributed by atoms with Crippen molar-refractivity contribution in [1.82, 2.24) is 4.90 Å². The molecule has 1 N–H and O–H groups in total. The molecule has 3 nitrogen and oxygen atoms in total. The van der Waals surface area contributed by atoms with Gasteiger partial charge in [0, 0.05) is 12.1 Å². The lowest BCUT2D eigenvalue weighted by Crippen LogP contribution is -2.29. The van der Waals surface area contributed by atoms with E-state index in [2.05, 4.69) is 6.92 Å². The number of aryl methyl sites for hydroxylation is 1. The summed E-state index contributed by atoms with van der Waals surface area (Å²) in [5.41, 5.74) is 4.35. The zero-order chi connectivity index (χ0) is 20.4. The Hall–Kier alpha value is -3.40. The van der Waals surface area contributed by atoms with Crippen LogP contribution in [0.2, 0.25) is 0 Å². The quantitative estimate of drug-likeness (QED) is 0.633. The summed E-state index contributed by atoms with van der Waals surface area (Å²) in [4.78, 5) is 14.7. The number of nitrogens with zero attached hydrogens (tertiary/aromatic N) is 1. The average molecular weight is 387 g/mol. The molecule has 3 aromatic carbocycles. The number of aliphatic hydroxyl groups excluding tert-OH is 1. The van der Waals surface area contributed by atoms with Crippen LogP contribution in [0, 0.1) is 5.82 Å². The van der Waals surface area contributed by atoms with E-state index >= 15 is 0 Å². The van der Waals surface area contributed by atoms with Crippen molar-refractivity contribution in [3.05, 3.63) is 113 Å². The third-order valence-corrected chi connectivity index (χ3v) is 5.36. The average Bonchev–Trinajstić information content (AvgIpc) is 3.01. The second-order valence-electron chi connectivity index (χ2n) is 7.19. The lowest BCUT2D eigenvalue weighted by molar-refractivity contribution is -0.130. The number of benzene rings is 3. The van der Waals surface area contributed by atoms with Gasteiger partial charge in [-0.05, 0) is 40.8 Å². The predicted molar refractivity (Wildman–Crippen MR) is 112 cm³/mol. The molecule has 0 aliphatic carbocycles. The zero-order valence-electron chi connectivity index (χ0n) is 16.2. The molecule has 0 aromatic heterocycles. The Morgan fingerprint density at radius 1 is 0.897 bits per heavy atom. The monoisotopic (exact) mass is 387 g/mol. The zero-order valence-corrected chi connectivity index (χ0v) is 16.2. The summed E-state index contributed by atoms with van der Waals surface area (Å²) in [5.74, 6) is -0.972. The molecule has 0 bridgehead atoms. The molecule has 3 aromatic rings. The van der Waals surface area contributed by atoms with Crippen molar-refractivity contribution in [2.24, 2.45) is 0 Å². The Labute approximate surface area is 169 Å². The predicted octanol–water partition coefficient (Wildman–Crippen LogP) is 5.44. The van der Waals surface area contributed by atoms with Crippen LogP contribution < -0.4 is 0 Å². The van der Waals surface area contributed by atoms with Gasteiger partial charge in [0.2, 0.25) is 0 Å². The van der Waals surface area contributed by atoms with Gasteiger partial charge in [-0.3, -0.25) is 4.79 Å². The summed E-state index contributed by atoms with van der Waals surface area (Å²) >= 11 is 0. The molecule has 1 amide bonds. The summed E-state index contributed by atoms with van der Waals surface area (Å²) in [6.07, 6.45) is 0.926. The summed E-state index contributed by atoms with van der Waals surface area (Å²) in [5, 5.41) is 10.8. The SMILES string of the molecule is CCc1ccc([C@H]2C(c3ccccc3)=C(O)C(=O)N2Cc2ccc(F)cc2)cc1. The van der Waals surface area contributed by atoms with E-state index in [4.69, 9.17) is 0 Å². The number of carbonyl (C=O) groups is 1. The largest absolute Gasteiger partial charge is 0.503 e. The molecule has 0 fully saturated rings. The molecule has 0 saturated carbocycles. The van der Waals surface area contributed by atoms with Crippen LogP contribution in [0.1, 0.15) is 35.2 Å². The van der Waals surface area contributed by atoms with E-state index in [-0.39, 0.29) is 18.1 Å². The number of rotatable bonds is 5. The van der Waals surface area contributed by atoms with Crippen molar-refractivity contribution in [1.29, 1.82) is 0 Å². The highest BCUT2D eigenvalue weighted by molar-refractivity contribution is 6.05. The molecule has 4 rings (SSSR count). The molecular weight excluding hydrogens is 365 g/mol. The molecule has 0 radical (unpaired) electrons. The minimum atomic E-state index is -0.419. The summed E-state index contributed by atoms with van der Waals surface area (Å²) in [6.45, 7) is 2.37. The fraction of sp³-hybridized carbons (Fsp3) is 0.160. The fourth-order valence-corrected chi connectivity index (χ4v) is 3.80. The molecule has 29 heavy (non-hydrogen) atoms. The molecular formula is C25H22FNO2. The van der Waals surface area contributed by atoms with E-state index in [1.807, 2.05) is 54.6 Å². The number of amides is 1. The number of halogens is 1. The Morgan fingerprint density at radius 3 is 2.14 bits per heavy atom. The molecule has 0 saturated heterocycles. The van der Waals surface area contributed by atoms with Crippen molar-refractivity contribution in [3.63, 3.8) is 0 Å². The van der Waals surface area contributed by atoms with Gasteiger partial charge in [0.05, 0.1) is 6.04 Å². The van der Waals surface area contributed by atoms with E-state index in [0.717, 1.165) is 23.1 Å². The van der Waals surface area contributed by atoms with Gasteiger partial charge in [0.25, 0.3) is 5.91 Å². The van der Waals surface area contributed by atoms with Gasteiger partial charge >= 0.3 is 0 Å². The van der Waals surface area contributed by atoms with Crippen molar-refractivity contribution in [2.45, 2.75) is 25.9 Å². The highest BCUT2D eigenvalue weighted by atomic mass is 19.1. The van der Waals surface area contributed by atoms with E-state index < -0.39 is 11.9 Å². The first-order valence-electron chi connectivity index (χ1n) is 9.71. The minimum absolute atomic E-state index is 0.233. The molecule has 1 heterocycles. The van der Waals surface area contributed by atoms with Crippen LogP contribution in [0.15, 0.2) is 84.6 Å². The maximum atomic E-state index is 13.3. The Kier molecular flexibility index (Phi) is 5.17. The normalized spacial score (nSPS) is 16.6. The molecule has 1 aliphatic heterocycles. The maximum Gasteiger partial charge on any atom is 0.290 e. The van der Waals surface area contributed by atoms with Crippen LogP contribution >= 0.6 is 0 Å². The van der Waals surface area contributed by atoms with Crippen LogP contribution in [0.3, 0.4) is 0 Å². The third-order valence-electron chi connectivity index (χ3n) is 5.36. The third kappa shape index (κ3) is 3.66. The van der Waals surface area contributed by atoms with Gasteiger partial charge in [0.1, 0.15) is 5.82 Å².